The van der Waals surface area contributed by atoms with Crippen LogP contribution in [0.25, 0.3) is 11.6 Å². The van der Waals surface area contributed by atoms with Gasteiger partial charge in [-0.25, -0.2) is 0 Å². The molecule has 3 rings (SSSR count). The van der Waals surface area contributed by atoms with Gasteiger partial charge >= 0.3 is 0 Å². The van der Waals surface area contributed by atoms with Gasteiger partial charge in [0.2, 0.25) is 5.91 Å². The van der Waals surface area contributed by atoms with E-state index < -0.39 is 0 Å². The predicted molar refractivity (Wildman–Crippen MR) is 95.0 cm³/mol. The van der Waals surface area contributed by atoms with Crippen molar-refractivity contribution in [3.8, 4) is 11.6 Å². The molecule has 0 aromatic carbocycles. The molecule has 0 spiro atoms. The second kappa shape index (κ2) is 7.67. The maximum Gasteiger partial charge on any atom is 0.230 e. The van der Waals surface area contributed by atoms with Gasteiger partial charge in [-0.3, -0.25) is 9.36 Å². The zero-order valence-corrected chi connectivity index (χ0v) is 15.1. The van der Waals surface area contributed by atoms with Crippen LogP contribution in [-0.4, -0.2) is 26.4 Å². The normalized spacial score (nSPS) is 12.2. The average molecular weight is 362 g/mol. The molecule has 24 heavy (non-hydrogen) atoms. The van der Waals surface area contributed by atoms with E-state index in [1.54, 1.807) is 17.6 Å². The number of rotatable bonds is 7. The van der Waals surface area contributed by atoms with Crippen LogP contribution in [0.4, 0.5) is 0 Å². The Morgan fingerprint density at radius 3 is 2.96 bits per heavy atom. The maximum atomic E-state index is 12.2. The lowest BCUT2D eigenvalue weighted by atomic mass is 10.3. The van der Waals surface area contributed by atoms with Crippen molar-refractivity contribution in [1.29, 1.82) is 0 Å². The topological polar surface area (TPSA) is 73.0 Å². The summed E-state index contributed by atoms with van der Waals surface area (Å²) in [4.78, 5) is 13.3. The van der Waals surface area contributed by atoms with Gasteiger partial charge in [0.1, 0.15) is 0 Å². The SMILES string of the molecule is CCn1c(SCC(=O)N[C@H](C)c2cccs2)nnc1-c1ccco1. The summed E-state index contributed by atoms with van der Waals surface area (Å²) in [7, 11) is 0. The number of nitrogens with zero attached hydrogens (tertiary/aromatic N) is 3. The van der Waals surface area contributed by atoms with Crippen LogP contribution < -0.4 is 5.32 Å². The van der Waals surface area contributed by atoms with Crippen molar-refractivity contribution in [3.63, 3.8) is 0 Å². The number of hydrogen-bond donors (Lipinski definition) is 1. The van der Waals surface area contributed by atoms with E-state index >= 15 is 0 Å². The van der Waals surface area contributed by atoms with E-state index in [9.17, 15) is 4.79 Å². The van der Waals surface area contributed by atoms with E-state index in [1.807, 2.05) is 48.1 Å². The van der Waals surface area contributed by atoms with Crippen molar-refractivity contribution in [2.45, 2.75) is 31.6 Å². The number of hydrogen-bond acceptors (Lipinski definition) is 6. The number of furan rings is 1. The van der Waals surface area contributed by atoms with Crippen LogP contribution in [0.1, 0.15) is 24.8 Å². The molecule has 1 atom stereocenters. The van der Waals surface area contributed by atoms with Crippen LogP contribution in [0, 0.1) is 0 Å². The summed E-state index contributed by atoms with van der Waals surface area (Å²) < 4.78 is 7.33. The van der Waals surface area contributed by atoms with E-state index in [-0.39, 0.29) is 11.9 Å². The van der Waals surface area contributed by atoms with E-state index in [0.29, 0.717) is 29.0 Å². The first-order chi connectivity index (χ1) is 11.7. The van der Waals surface area contributed by atoms with Crippen molar-refractivity contribution in [2.75, 3.05) is 5.75 Å². The maximum absolute atomic E-state index is 12.2. The van der Waals surface area contributed by atoms with Crippen molar-refractivity contribution in [1.82, 2.24) is 20.1 Å². The third-order valence-corrected chi connectivity index (χ3v) is 5.48. The number of carbonyl (C=O) groups is 1. The lowest BCUT2D eigenvalue weighted by Crippen LogP contribution is -2.27. The average Bonchev–Trinajstić information content (AvgIpc) is 3.33. The van der Waals surface area contributed by atoms with Gasteiger partial charge in [-0.05, 0) is 37.4 Å². The first-order valence-electron chi connectivity index (χ1n) is 7.61. The molecule has 3 aromatic heterocycles. The van der Waals surface area contributed by atoms with Crippen molar-refractivity contribution < 1.29 is 9.21 Å². The first kappa shape index (κ1) is 16.8. The number of thioether (sulfide) groups is 1. The molecule has 0 saturated heterocycles. The fourth-order valence-electron chi connectivity index (χ4n) is 2.29. The lowest BCUT2D eigenvalue weighted by molar-refractivity contribution is -0.119. The van der Waals surface area contributed by atoms with E-state index in [0.717, 1.165) is 4.88 Å². The number of nitrogens with one attached hydrogen (secondary N) is 1. The lowest BCUT2D eigenvalue weighted by Gasteiger charge is -2.12. The molecule has 0 radical (unpaired) electrons. The standard InChI is InChI=1S/C16H18N4O2S2/c1-3-20-15(12-6-4-8-22-12)18-19-16(20)24-10-14(21)17-11(2)13-7-5-9-23-13/h4-9,11H,3,10H2,1-2H3,(H,17,21)/t11-/m1/s1. The zero-order valence-electron chi connectivity index (χ0n) is 13.4. The fourth-order valence-corrected chi connectivity index (χ4v) is 3.84. The van der Waals surface area contributed by atoms with E-state index in [1.165, 1.54) is 11.8 Å². The predicted octanol–water partition coefficient (Wildman–Crippen LogP) is 3.59. The van der Waals surface area contributed by atoms with Crippen molar-refractivity contribution >= 4 is 29.0 Å². The largest absolute Gasteiger partial charge is 0.461 e. The Kier molecular flexibility index (Phi) is 5.37. The Hall–Kier alpha value is -2.06. The van der Waals surface area contributed by atoms with Crippen LogP contribution in [0.2, 0.25) is 0 Å². The second-order valence-corrected chi connectivity index (χ2v) is 7.04. The first-order valence-corrected chi connectivity index (χ1v) is 9.48. The van der Waals surface area contributed by atoms with Crippen molar-refractivity contribution in [3.05, 3.63) is 40.8 Å². The molecule has 0 aliphatic carbocycles. The molecule has 0 aliphatic rings. The number of thiophene rings is 1. The summed E-state index contributed by atoms with van der Waals surface area (Å²) in [6.07, 6.45) is 1.61. The highest BCUT2D eigenvalue weighted by Gasteiger charge is 2.17. The summed E-state index contributed by atoms with van der Waals surface area (Å²) >= 11 is 3.01. The molecular weight excluding hydrogens is 344 g/mol. The van der Waals surface area contributed by atoms with Crippen LogP contribution >= 0.6 is 23.1 Å². The summed E-state index contributed by atoms with van der Waals surface area (Å²) in [5.74, 6) is 1.63. The highest BCUT2D eigenvalue weighted by Crippen LogP contribution is 2.24. The van der Waals surface area contributed by atoms with Gasteiger partial charge in [-0.2, -0.15) is 0 Å². The molecule has 3 aromatic rings. The quantitative estimate of drug-likeness (QED) is 0.650. The van der Waals surface area contributed by atoms with E-state index in [2.05, 4.69) is 15.5 Å². The monoisotopic (exact) mass is 362 g/mol. The summed E-state index contributed by atoms with van der Waals surface area (Å²) in [6.45, 7) is 4.70. The highest BCUT2D eigenvalue weighted by molar-refractivity contribution is 7.99. The van der Waals surface area contributed by atoms with Crippen LogP contribution in [0.5, 0.6) is 0 Å². The molecule has 3 heterocycles. The third kappa shape index (κ3) is 3.70. The van der Waals surface area contributed by atoms with Gasteiger partial charge in [0.05, 0.1) is 18.1 Å². The third-order valence-electron chi connectivity index (χ3n) is 3.45. The van der Waals surface area contributed by atoms with Gasteiger partial charge in [-0.15, -0.1) is 21.5 Å². The Balaban J connectivity index is 1.61. The number of carbonyl (C=O) groups excluding carboxylic acids is 1. The summed E-state index contributed by atoms with van der Waals surface area (Å²) in [5.41, 5.74) is 0. The number of amides is 1. The Bertz CT molecular complexity index is 781. The molecule has 0 unspecified atom stereocenters. The molecule has 6 nitrogen and oxygen atoms in total. The molecule has 126 valence electrons. The summed E-state index contributed by atoms with van der Waals surface area (Å²) in [5, 5.41) is 14.1. The summed E-state index contributed by atoms with van der Waals surface area (Å²) in [6, 6.07) is 7.68. The minimum Gasteiger partial charge on any atom is -0.461 e. The van der Waals surface area contributed by atoms with Crippen LogP contribution in [-0.2, 0) is 11.3 Å². The van der Waals surface area contributed by atoms with Gasteiger partial charge in [0.25, 0.3) is 0 Å². The second-order valence-electron chi connectivity index (χ2n) is 5.12. The molecule has 8 heteroatoms. The minimum atomic E-state index is -0.0221. The molecule has 0 fully saturated rings. The smallest absolute Gasteiger partial charge is 0.230 e. The molecule has 0 saturated carbocycles. The Labute approximate surface area is 148 Å². The van der Waals surface area contributed by atoms with Gasteiger partial charge in [0, 0.05) is 11.4 Å². The molecule has 0 aliphatic heterocycles. The molecular formula is C16H18N4O2S2. The molecule has 1 amide bonds. The fraction of sp³-hybridized carbons (Fsp3) is 0.312. The van der Waals surface area contributed by atoms with Crippen LogP contribution in [0.15, 0.2) is 45.5 Å². The highest BCUT2D eigenvalue weighted by atomic mass is 32.2. The molecule has 1 N–H and O–H groups in total. The minimum absolute atomic E-state index is 0.0147. The van der Waals surface area contributed by atoms with Gasteiger partial charge in [-0.1, -0.05) is 17.8 Å². The van der Waals surface area contributed by atoms with Gasteiger partial charge in [0.15, 0.2) is 16.7 Å². The van der Waals surface area contributed by atoms with Crippen LogP contribution in [0.3, 0.4) is 0 Å². The number of aromatic nitrogens is 3. The Morgan fingerprint density at radius 1 is 1.42 bits per heavy atom. The zero-order chi connectivity index (χ0) is 16.9. The van der Waals surface area contributed by atoms with Crippen molar-refractivity contribution in [2.24, 2.45) is 0 Å². The molecule has 0 bridgehead atoms. The Morgan fingerprint density at radius 2 is 2.29 bits per heavy atom. The van der Waals surface area contributed by atoms with Gasteiger partial charge < -0.3 is 9.73 Å². The van der Waals surface area contributed by atoms with E-state index in [4.69, 9.17) is 4.42 Å².